The summed E-state index contributed by atoms with van der Waals surface area (Å²) in [6, 6.07) is 7.36. The second-order valence-electron chi connectivity index (χ2n) is 4.64. The highest BCUT2D eigenvalue weighted by molar-refractivity contribution is 6.41. The Morgan fingerprint density at radius 3 is 2.52 bits per heavy atom. The molecule has 2 rings (SSSR count). The fourth-order valence-electron chi connectivity index (χ4n) is 1.93. The number of carbonyl (C=O) groups is 1. The van der Waals surface area contributed by atoms with E-state index in [4.69, 9.17) is 23.2 Å². The molecule has 1 aromatic carbocycles. The van der Waals surface area contributed by atoms with Crippen LogP contribution in [0.15, 0.2) is 35.3 Å². The quantitative estimate of drug-likeness (QED) is 0.792. The monoisotopic (exact) mass is 324 g/mol. The average molecular weight is 325 g/mol. The minimum absolute atomic E-state index is 0.0780. The number of Topliss-reactive ketones (excluding diaryl/α,β-unsaturated/α-hetero) is 1. The van der Waals surface area contributed by atoms with E-state index in [-0.39, 0.29) is 22.4 Å². The summed E-state index contributed by atoms with van der Waals surface area (Å²) in [6.45, 7) is 1.93. The molecule has 1 aromatic heterocycles. The van der Waals surface area contributed by atoms with E-state index in [1.165, 1.54) is 11.8 Å². The number of nitrogens with zero attached hydrogens (tertiary/aromatic N) is 2. The van der Waals surface area contributed by atoms with Crippen LogP contribution >= 0.6 is 23.2 Å². The Labute approximate surface area is 132 Å². The van der Waals surface area contributed by atoms with Crippen molar-refractivity contribution in [2.45, 2.75) is 26.3 Å². The Bertz CT molecular complexity index is 709. The van der Waals surface area contributed by atoms with Crippen molar-refractivity contribution in [1.82, 2.24) is 9.78 Å². The number of benzene rings is 1. The number of ketones is 1. The molecular weight excluding hydrogens is 311 g/mol. The van der Waals surface area contributed by atoms with Crippen LogP contribution in [0.2, 0.25) is 10.0 Å². The molecule has 1 heterocycles. The second-order valence-corrected chi connectivity index (χ2v) is 5.42. The first-order valence-corrected chi connectivity index (χ1v) is 7.31. The Balaban J connectivity index is 2.18. The number of halogens is 2. The largest absolute Gasteiger partial charge is 0.292 e. The Hall–Kier alpha value is -1.65. The lowest BCUT2D eigenvalue weighted by molar-refractivity contribution is 0.0965. The van der Waals surface area contributed by atoms with Crippen molar-refractivity contribution in [2.75, 3.05) is 0 Å². The molecule has 0 amide bonds. The molecule has 0 saturated heterocycles. The molecule has 0 saturated carbocycles. The van der Waals surface area contributed by atoms with Crippen LogP contribution in [-0.2, 0) is 13.0 Å². The normalized spacial score (nSPS) is 10.6. The fraction of sp³-hybridized carbons (Fsp3) is 0.267. The number of aryl methyl sites for hydroxylation is 1. The van der Waals surface area contributed by atoms with Gasteiger partial charge in [0, 0.05) is 5.56 Å². The molecule has 0 aliphatic rings. The van der Waals surface area contributed by atoms with Crippen LogP contribution in [0, 0.1) is 0 Å². The molecule has 0 bridgehead atoms. The van der Waals surface area contributed by atoms with Crippen molar-refractivity contribution in [3.8, 4) is 0 Å². The standard InChI is InChI=1S/C15H14Cl2N2O2/c1-2-3-10-4-6-11(7-5-10)13(20)9-19-15(21)14(17)12(16)8-18-19/h4-8H,2-3,9H2,1H3. The van der Waals surface area contributed by atoms with Crippen LogP contribution in [0.1, 0.15) is 29.3 Å². The van der Waals surface area contributed by atoms with Crippen LogP contribution in [-0.4, -0.2) is 15.6 Å². The topological polar surface area (TPSA) is 52.0 Å². The van der Waals surface area contributed by atoms with Crippen molar-refractivity contribution >= 4 is 29.0 Å². The van der Waals surface area contributed by atoms with Crippen LogP contribution in [0.25, 0.3) is 0 Å². The second kappa shape index (κ2) is 6.87. The van der Waals surface area contributed by atoms with Crippen molar-refractivity contribution in [2.24, 2.45) is 0 Å². The smallest absolute Gasteiger partial charge is 0.287 e. The van der Waals surface area contributed by atoms with Gasteiger partial charge in [-0.2, -0.15) is 5.10 Å². The zero-order chi connectivity index (χ0) is 15.4. The van der Waals surface area contributed by atoms with Gasteiger partial charge >= 0.3 is 0 Å². The van der Waals surface area contributed by atoms with E-state index < -0.39 is 5.56 Å². The van der Waals surface area contributed by atoms with E-state index in [1.807, 2.05) is 12.1 Å². The predicted octanol–water partition coefficient (Wildman–Crippen LogP) is 3.39. The summed E-state index contributed by atoms with van der Waals surface area (Å²) < 4.78 is 1.01. The van der Waals surface area contributed by atoms with Gasteiger partial charge in [-0.05, 0) is 12.0 Å². The summed E-state index contributed by atoms with van der Waals surface area (Å²) >= 11 is 11.4. The summed E-state index contributed by atoms with van der Waals surface area (Å²) in [5.41, 5.74) is 1.15. The third-order valence-electron chi connectivity index (χ3n) is 3.05. The SMILES string of the molecule is CCCc1ccc(C(=O)Cn2ncc(Cl)c(Cl)c2=O)cc1. The number of hydrogen-bond acceptors (Lipinski definition) is 3. The number of aromatic nitrogens is 2. The van der Waals surface area contributed by atoms with E-state index in [2.05, 4.69) is 12.0 Å². The lowest BCUT2D eigenvalue weighted by Gasteiger charge is -2.06. The lowest BCUT2D eigenvalue weighted by Crippen LogP contribution is -2.27. The summed E-state index contributed by atoms with van der Waals surface area (Å²) in [6.07, 6.45) is 3.28. The summed E-state index contributed by atoms with van der Waals surface area (Å²) in [7, 11) is 0. The van der Waals surface area contributed by atoms with E-state index in [9.17, 15) is 9.59 Å². The molecule has 0 aliphatic carbocycles. The molecule has 0 unspecified atom stereocenters. The lowest BCUT2D eigenvalue weighted by atomic mass is 10.1. The maximum Gasteiger partial charge on any atom is 0.287 e. The number of carbonyl (C=O) groups excluding carboxylic acids is 1. The first-order chi connectivity index (χ1) is 10.0. The van der Waals surface area contributed by atoms with Crippen molar-refractivity contribution in [3.63, 3.8) is 0 Å². The van der Waals surface area contributed by atoms with E-state index in [0.717, 1.165) is 17.5 Å². The maximum atomic E-state index is 12.2. The Kier molecular flexibility index (Phi) is 5.15. The van der Waals surface area contributed by atoms with Crippen molar-refractivity contribution in [1.29, 1.82) is 0 Å². The zero-order valence-corrected chi connectivity index (χ0v) is 13.0. The molecule has 0 aliphatic heterocycles. The molecule has 0 radical (unpaired) electrons. The summed E-state index contributed by atoms with van der Waals surface area (Å²) in [4.78, 5) is 24.0. The zero-order valence-electron chi connectivity index (χ0n) is 11.5. The minimum atomic E-state index is -0.569. The highest BCUT2D eigenvalue weighted by Gasteiger charge is 2.12. The molecular formula is C15H14Cl2N2O2. The van der Waals surface area contributed by atoms with Crippen molar-refractivity contribution < 1.29 is 4.79 Å². The molecule has 0 fully saturated rings. The Morgan fingerprint density at radius 1 is 1.24 bits per heavy atom. The molecule has 0 atom stereocenters. The Morgan fingerprint density at radius 2 is 1.90 bits per heavy atom. The van der Waals surface area contributed by atoms with E-state index in [0.29, 0.717) is 5.56 Å². The maximum absolute atomic E-state index is 12.2. The van der Waals surface area contributed by atoms with E-state index >= 15 is 0 Å². The van der Waals surface area contributed by atoms with Gasteiger partial charge in [0.2, 0.25) is 0 Å². The van der Waals surface area contributed by atoms with Gasteiger partial charge in [-0.3, -0.25) is 9.59 Å². The van der Waals surface area contributed by atoms with Gasteiger partial charge in [-0.1, -0.05) is 60.8 Å². The number of hydrogen-bond donors (Lipinski definition) is 0. The first-order valence-electron chi connectivity index (χ1n) is 6.56. The van der Waals surface area contributed by atoms with Gasteiger partial charge < -0.3 is 0 Å². The van der Waals surface area contributed by atoms with E-state index in [1.54, 1.807) is 12.1 Å². The molecule has 4 nitrogen and oxygen atoms in total. The average Bonchev–Trinajstić information content (AvgIpc) is 2.49. The molecule has 0 spiro atoms. The molecule has 0 N–H and O–H groups in total. The van der Waals surface area contributed by atoms with Crippen LogP contribution in [0.5, 0.6) is 0 Å². The third kappa shape index (κ3) is 3.71. The fourth-order valence-corrected chi connectivity index (χ4v) is 2.20. The van der Waals surface area contributed by atoms with Crippen molar-refractivity contribution in [3.05, 3.63) is 62.0 Å². The van der Waals surface area contributed by atoms with Gasteiger partial charge in [0.1, 0.15) is 11.6 Å². The minimum Gasteiger partial charge on any atom is -0.292 e. The van der Waals surface area contributed by atoms with Crippen LogP contribution in [0.4, 0.5) is 0 Å². The highest BCUT2D eigenvalue weighted by Crippen LogP contribution is 2.15. The van der Waals surface area contributed by atoms with Crippen LogP contribution < -0.4 is 5.56 Å². The van der Waals surface area contributed by atoms with Gasteiger partial charge in [0.25, 0.3) is 5.56 Å². The third-order valence-corrected chi connectivity index (χ3v) is 3.80. The molecule has 110 valence electrons. The van der Waals surface area contributed by atoms with Gasteiger partial charge in [-0.25, -0.2) is 4.68 Å². The summed E-state index contributed by atoms with van der Waals surface area (Å²) in [5.74, 6) is -0.203. The molecule has 21 heavy (non-hydrogen) atoms. The van der Waals surface area contributed by atoms with Gasteiger partial charge in [-0.15, -0.1) is 0 Å². The molecule has 6 heteroatoms. The highest BCUT2D eigenvalue weighted by atomic mass is 35.5. The predicted molar refractivity (Wildman–Crippen MR) is 83.3 cm³/mol. The van der Waals surface area contributed by atoms with Crippen LogP contribution in [0.3, 0.4) is 0 Å². The number of rotatable bonds is 5. The molecule has 2 aromatic rings. The summed E-state index contributed by atoms with van der Waals surface area (Å²) in [5, 5.41) is 3.77. The first kappa shape index (κ1) is 15.7. The van der Waals surface area contributed by atoms with Gasteiger partial charge in [0.05, 0.1) is 11.2 Å². The van der Waals surface area contributed by atoms with Gasteiger partial charge in [0.15, 0.2) is 5.78 Å².